The smallest absolute Gasteiger partial charge is 0.245 e. The minimum Gasteiger partial charge on any atom is -0.349 e. The summed E-state index contributed by atoms with van der Waals surface area (Å²) in [4.78, 5) is 44.0. The lowest BCUT2D eigenvalue weighted by Crippen LogP contribution is -2.58. The second-order valence-corrected chi connectivity index (χ2v) is 16.6. The highest BCUT2D eigenvalue weighted by Crippen LogP contribution is 2.38. The molecule has 252 valence electrons. The topological polar surface area (TPSA) is 125 Å². The third kappa shape index (κ3) is 8.47. The number of benzene rings is 1. The molecule has 9 nitrogen and oxygen atoms in total. The summed E-state index contributed by atoms with van der Waals surface area (Å²) >= 11 is 0. The molecular weight excluding hydrogens is 588 g/mol. The minimum atomic E-state index is -3.33. The second kappa shape index (κ2) is 15.4. The molecule has 1 saturated heterocycles. The average Bonchev–Trinajstić information content (AvgIpc) is 3.41. The summed E-state index contributed by atoms with van der Waals surface area (Å²) < 4.78 is 25.1. The fourth-order valence-electron chi connectivity index (χ4n) is 7.88. The predicted octanol–water partition coefficient (Wildman–Crippen LogP) is 4.17. The number of fused-ring (bicyclic) bond motifs is 1. The van der Waals surface area contributed by atoms with Gasteiger partial charge in [0.15, 0.2) is 0 Å². The van der Waals surface area contributed by atoms with Crippen LogP contribution in [-0.2, 0) is 30.6 Å². The van der Waals surface area contributed by atoms with Gasteiger partial charge in [-0.25, -0.2) is 8.42 Å². The third-order valence-electron chi connectivity index (χ3n) is 11.1. The molecule has 8 atom stereocenters. The Hall–Kier alpha value is -2.46. The van der Waals surface area contributed by atoms with Gasteiger partial charge in [0, 0.05) is 18.8 Å². The number of sulfone groups is 1. The van der Waals surface area contributed by atoms with E-state index in [0.717, 1.165) is 63.4 Å². The Morgan fingerprint density at radius 3 is 2.31 bits per heavy atom. The van der Waals surface area contributed by atoms with Crippen molar-refractivity contribution in [1.82, 2.24) is 20.9 Å². The maximum atomic E-state index is 14.6. The van der Waals surface area contributed by atoms with Gasteiger partial charge in [0.1, 0.15) is 15.9 Å². The number of carbonyl (C=O) groups excluding carboxylic acids is 3. The van der Waals surface area contributed by atoms with Crippen LogP contribution in [-0.4, -0.2) is 74.3 Å². The second-order valence-electron chi connectivity index (χ2n) is 14.2. The first-order valence-electron chi connectivity index (χ1n) is 17.2. The van der Waals surface area contributed by atoms with Crippen LogP contribution in [0.4, 0.5) is 0 Å². The van der Waals surface area contributed by atoms with Crippen LogP contribution >= 0.6 is 0 Å². The molecule has 0 spiro atoms. The van der Waals surface area contributed by atoms with Crippen molar-refractivity contribution in [3.05, 3.63) is 35.4 Å². The zero-order chi connectivity index (χ0) is 32.9. The van der Waals surface area contributed by atoms with Gasteiger partial charge in [-0.05, 0) is 94.7 Å². The van der Waals surface area contributed by atoms with Gasteiger partial charge in [0.25, 0.3) is 0 Å². The van der Waals surface area contributed by atoms with Crippen LogP contribution in [0.3, 0.4) is 0 Å². The van der Waals surface area contributed by atoms with Crippen molar-refractivity contribution in [2.45, 2.75) is 121 Å². The molecule has 4 rings (SSSR count). The molecule has 3 amide bonds. The van der Waals surface area contributed by atoms with Gasteiger partial charge in [0.2, 0.25) is 17.7 Å². The van der Waals surface area contributed by atoms with Gasteiger partial charge in [-0.3, -0.25) is 14.4 Å². The largest absolute Gasteiger partial charge is 0.349 e. The Balaban J connectivity index is 1.66. The first kappa shape index (κ1) is 35.4. The molecule has 2 aliphatic carbocycles. The fraction of sp³-hybridized carbons (Fsp3) is 0.743. The summed E-state index contributed by atoms with van der Waals surface area (Å²) in [5.74, 6) is -1.22. The van der Waals surface area contributed by atoms with Crippen LogP contribution in [0.15, 0.2) is 24.3 Å². The number of nitrogens with one attached hydrogen (secondary N) is 3. The number of rotatable bonds is 12. The molecule has 0 radical (unpaired) electrons. The van der Waals surface area contributed by atoms with Crippen molar-refractivity contribution in [3.8, 4) is 0 Å². The number of carbonyl (C=O) groups is 3. The molecule has 8 unspecified atom stereocenters. The van der Waals surface area contributed by atoms with E-state index in [0.29, 0.717) is 13.0 Å². The van der Waals surface area contributed by atoms with E-state index >= 15 is 0 Å². The Kier molecular flexibility index (Phi) is 12.1. The molecule has 0 bridgehead atoms. The van der Waals surface area contributed by atoms with Gasteiger partial charge in [-0.2, -0.15) is 0 Å². The van der Waals surface area contributed by atoms with E-state index in [-0.39, 0.29) is 41.5 Å². The molecule has 1 aromatic carbocycles. The van der Waals surface area contributed by atoms with Crippen molar-refractivity contribution < 1.29 is 22.8 Å². The van der Waals surface area contributed by atoms with E-state index in [1.807, 2.05) is 24.0 Å². The van der Waals surface area contributed by atoms with E-state index in [9.17, 15) is 22.8 Å². The molecule has 2 fully saturated rings. The number of amides is 3. The summed E-state index contributed by atoms with van der Waals surface area (Å²) in [6, 6.07) is 6.64. The SMILES string of the molecule is CNC(C)C(=O)NC(C(=O)N1CCC(C)C1C(CC(C)C(C)S(C)(=O)=O)C(=O)NC1CCCc2ccccc21)C1CCCCC1. The lowest BCUT2D eigenvalue weighted by Gasteiger charge is -2.40. The first-order chi connectivity index (χ1) is 21.3. The van der Waals surface area contributed by atoms with E-state index in [1.54, 1.807) is 20.9 Å². The van der Waals surface area contributed by atoms with Crippen LogP contribution in [0.2, 0.25) is 0 Å². The molecule has 0 aromatic heterocycles. The molecular formula is C35H56N4O5S. The minimum absolute atomic E-state index is 0.0445. The summed E-state index contributed by atoms with van der Waals surface area (Å²) in [6.07, 6.45) is 10.1. The summed E-state index contributed by atoms with van der Waals surface area (Å²) in [5.41, 5.74) is 2.39. The maximum absolute atomic E-state index is 14.6. The highest BCUT2D eigenvalue weighted by molar-refractivity contribution is 7.91. The van der Waals surface area contributed by atoms with E-state index in [4.69, 9.17) is 0 Å². The number of hydrogen-bond acceptors (Lipinski definition) is 6. The quantitative estimate of drug-likeness (QED) is 0.314. The van der Waals surface area contributed by atoms with Gasteiger partial charge in [0.05, 0.1) is 23.3 Å². The highest BCUT2D eigenvalue weighted by atomic mass is 32.2. The lowest BCUT2D eigenvalue weighted by molar-refractivity contribution is -0.142. The van der Waals surface area contributed by atoms with Crippen LogP contribution in [0.25, 0.3) is 0 Å². The predicted molar refractivity (Wildman–Crippen MR) is 178 cm³/mol. The maximum Gasteiger partial charge on any atom is 0.245 e. The zero-order valence-corrected chi connectivity index (χ0v) is 29.0. The Bertz CT molecular complexity index is 1300. The van der Waals surface area contributed by atoms with Crippen LogP contribution in [0.1, 0.15) is 103 Å². The Morgan fingerprint density at radius 2 is 1.64 bits per heavy atom. The normalized spacial score (nSPS) is 25.8. The lowest BCUT2D eigenvalue weighted by atomic mass is 9.80. The average molecular weight is 645 g/mol. The van der Waals surface area contributed by atoms with Gasteiger partial charge >= 0.3 is 0 Å². The van der Waals surface area contributed by atoms with E-state index < -0.39 is 39.1 Å². The van der Waals surface area contributed by atoms with Crippen LogP contribution < -0.4 is 16.0 Å². The standard InChI is InChI=1S/C35H56N4O5S/c1-22-19-20-39(35(42)31(27-14-8-7-9-15-27)38-33(40)24(3)36-5)32(22)29(21-23(2)25(4)45(6,43)44)34(41)37-30-18-12-16-26-13-10-11-17-28(26)30/h10-11,13,17,22-25,27,29-32,36H,7-9,12,14-16,18-21H2,1-6H3,(H,37,41)(H,38,40). The van der Waals surface area contributed by atoms with Crippen LogP contribution in [0.5, 0.6) is 0 Å². The molecule has 1 aliphatic heterocycles. The van der Waals surface area contributed by atoms with Crippen molar-refractivity contribution >= 4 is 27.6 Å². The molecule has 45 heavy (non-hydrogen) atoms. The van der Waals surface area contributed by atoms with E-state index in [1.165, 1.54) is 11.8 Å². The van der Waals surface area contributed by atoms with Gasteiger partial charge in [-0.1, -0.05) is 57.4 Å². The molecule has 1 heterocycles. The zero-order valence-electron chi connectivity index (χ0n) is 28.2. The number of nitrogens with zero attached hydrogens (tertiary/aromatic N) is 1. The van der Waals surface area contributed by atoms with Crippen molar-refractivity contribution in [2.75, 3.05) is 19.8 Å². The van der Waals surface area contributed by atoms with Crippen molar-refractivity contribution in [1.29, 1.82) is 0 Å². The first-order valence-corrected chi connectivity index (χ1v) is 19.1. The number of likely N-dealkylation sites (N-methyl/N-ethyl adjacent to an activating group) is 1. The summed E-state index contributed by atoms with van der Waals surface area (Å²) in [5, 5.41) is 8.82. The van der Waals surface area contributed by atoms with Gasteiger partial charge < -0.3 is 20.9 Å². The Labute approximate surface area is 271 Å². The molecule has 1 aromatic rings. The van der Waals surface area contributed by atoms with Crippen LogP contribution in [0, 0.1) is 23.7 Å². The number of hydrogen-bond donors (Lipinski definition) is 3. The summed E-state index contributed by atoms with van der Waals surface area (Å²) in [7, 11) is -1.60. The molecule has 3 aliphatic rings. The highest BCUT2D eigenvalue weighted by Gasteiger charge is 2.47. The fourth-order valence-corrected chi connectivity index (χ4v) is 8.83. The number of likely N-dealkylation sites (tertiary alicyclic amines) is 1. The monoisotopic (exact) mass is 644 g/mol. The molecule has 1 saturated carbocycles. The van der Waals surface area contributed by atoms with Crippen molar-refractivity contribution in [2.24, 2.45) is 23.7 Å². The Morgan fingerprint density at radius 1 is 0.956 bits per heavy atom. The van der Waals surface area contributed by atoms with E-state index in [2.05, 4.69) is 35.0 Å². The molecule has 3 N–H and O–H groups in total. The van der Waals surface area contributed by atoms with Crippen molar-refractivity contribution in [3.63, 3.8) is 0 Å². The summed E-state index contributed by atoms with van der Waals surface area (Å²) in [6.45, 7) is 8.00. The number of aryl methyl sites for hydroxylation is 1. The van der Waals surface area contributed by atoms with Gasteiger partial charge in [-0.15, -0.1) is 0 Å². The third-order valence-corrected chi connectivity index (χ3v) is 12.9. The molecule has 10 heteroatoms.